The van der Waals surface area contributed by atoms with Crippen LogP contribution in [0.2, 0.25) is 10.0 Å². The number of rotatable bonds is 4. The predicted molar refractivity (Wildman–Crippen MR) is 84.4 cm³/mol. The van der Waals surface area contributed by atoms with E-state index in [9.17, 15) is 9.90 Å². The molecule has 0 atom stereocenters. The molecule has 0 saturated carbocycles. The van der Waals surface area contributed by atoms with Crippen molar-refractivity contribution in [3.05, 3.63) is 39.6 Å². The molecule has 0 aliphatic heterocycles. The van der Waals surface area contributed by atoms with Gasteiger partial charge in [-0.15, -0.1) is 0 Å². The smallest absolute Gasteiger partial charge is 0.357 e. The summed E-state index contributed by atoms with van der Waals surface area (Å²) in [5.74, 6) is -0.947. The first-order valence-corrected chi connectivity index (χ1v) is 7.41. The second-order valence-electron chi connectivity index (χ2n) is 5.01. The number of carboxylic acids is 1. The zero-order valence-corrected chi connectivity index (χ0v) is 13.5. The standard InChI is InChI=1S/C15H16Cl2N2O2/c1-4-19-14(8(2)3)12(13(18-19)15(20)21)10-6-5-9(16)7-11(10)17/h5-8H,4H2,1-3H3,(H,20,21). The van der Waals surface area contributed by atoms with Crippen molar-refractivity contribution in [2.45, 2.75) is 33.2 Å². The van der Waals surface area contributed by atoms with Gasteiger partial charge in [0.15, 0.2) is 5.69 Å². The molecular formula is C15H16Cl2N2O2. The molecule has 0 fully saturated rings. The van der Waals surface area contributed by atoms with Crippen LogP contribution in [0.5, 0.6) is 0 Å². The van der Waals surface area contributed by atoms with Gasteiger partial charge in [-0.2, -0.15) is 5.10 Å². The van der Waals surface area contributed by atoms with Gasteiger partial charge in [0, 0.05) is 28.4 Å². The van der Waals surface area contributed by atoms with Gasteiger partial charge in [0.05, 0.1) is 5.02 Å². The van der Waals surface area contributed by atoms with Gasteiger partial charge in [0.1, 0.15) is 0 Å². The summed E-state index contributed by atoms with van der Waals surface area (Å²) < 4.78 is 1.72. The Morgan fingerprint density at radius 1 is 1.38 bits per heavy atom. The van der Waals surface area contributed by atoms with Gasteiger partial charge in [0.25, 0.3) is 0 Å². The van der Waals surface area contributed by atoms with Crippen LogP contribution in [-0.2, 0) is 6.54 Å². The van der Waals surface area contributed by atoms with E-state index in [4.69, 9.17) is 23.2 Å². The molecule has 1 N–H and O–H groups in total. The fourth-order valence-electron chi connectivity index (χ4n) is 2.41. The summed E-state index contributed by atoms with van der Waals surface area (Å²) in [6.07, 6.45) is 0. The maximum Gasteiger partial charge on any atom is 0.357 e. The monoisotopic (exact) mass is 326 g/mol. The summed E-state index contributed by atoms with van der Waals surface area (Å²) >= 11 is 12.2. The van der Waals surface area contributed by atoms with E-state index in [0.29, 0.717) is 27.7 Å². The molecule has 0 aliphatic rings. The van der Waals surface area contributed by atoms with E-state index in [1.807, 2.05) is 20.8 Å². The number of aromatic carboxylic acids is 1. The Hall–Kier alpha value is -1.52. The lowest BCUT2D eigenvalue weighted by Gasteiger charge is -2.12. The highest BCUT2D eigenvalue weighted by Gasteiger charge is 2.26. The normalized spacial score (nSPS) is 11.1. The Kier molecular flexibility index (Phi) is 4.59. The summed E-state index contributed by atoms with van der Waals surface area (Å²) in [6, 6.07) is 5.04. The molecular weight excluding hydrogens is 311 g/mol. The molecule has 2 aromatic rings. The van der Waals surface area contributed by atoms with Crippen molar-refractivity contribution in [1.29, 1.82) is 0 Å². The van der Waals surface area contributed by atoms with Crippen LogP contribution in [0.3, 0.4) is 0 Å². The number of hydrogen-bond donors (Lipinski definition) is 1. The van der Waals surface area contributed by atoms with Gasteiger partial charge in [-0.3, -0.25) is 4.68 Å². The summed E-state index contributed by atoms with van der Waals surface area (Å²) in [5.41, 5.74) is 2.09. The third kappa shape index (κ3) is 2.92. The summed E-state index contributed by atoms with van der Waals surface area (Å²) in [7, 11) is 0. The van der Waals surface area contributed by atoms with Crippen LogP contribution in [-0.4, -0.2) is 20.9 Å². The number of hydrogen-bond acceptors (Lipinski definition) is 2. The Balaban J connectivity index is 2.81. The number of nitrogens with zero attached hydrogens (tertiary/aromatic N) is 2. The van der Waals surface area contributed by atoms with Crippen LogP contribution in [0.4, 0.5) is 0 Å². The molecule has 0 amide bonds. The number of benzene rings is 1. The zero-order chi connectivity index (χ0) is 15.7. The predicted octanol–water partition coefficient (Wildman–Crippen LogP) is 4.70. The molecule has 4 nitrogen and oxygen atoms in total. The molecule has 1 heterocycles. The van der Waals surface area contributed by atoms with Crippen LogP contribution in [0.1, 0.15) is 42.9 Å². The van der Waals surface area contributed by atoms with Gasteiger partial charge in [0.2, 0.25) is 0 Å². The van der Waals surface area contributed by atoms with Gasteiger partial charge < -0.3 is 5.11 Å². The lowest BCUT2D eigenvalue weighted by Crippen LogP contribution is -2.05. The largest absolute Gasteiger partial charge is 0.476 e. The molecule has 0 bridgehead atoms. The van der Waals surface area contributed by atoms with Crippen molar-refractivity contribution in [3.63, 3.8) is 0 Å². The number of halogens is 2. The van der Waals surface area contributed by atoms with Crippen molar-refractivity contribution in [1.82, 2.24) is 9.78 Å². The number of aryl methyl sites for hydroxylation is 1. The fourth-order valence-corrected chi connectivity index (χ4v) is 2.91. The molecule has 6 heteroatoms. The average molecular weight is 327 g/mol. The third-order valence-electron chi connectivity index (χ3n) is 3.24. The number of carbonyl (C=O) groups is 1. The Morgan fingerprint density at radius 2 is 2.05 bits per heavy atom. The van der Waals surface area contributed by atoms with Gasteiger partial charge >= 0.3 is 5.97 Å². The molecule has 0 saturated heterocycles. The minimum Gasteiger partial charge on any atom is -0.476 e. The Labute approximate surface area is 133 Å². The molecule has 0 spiro atoms. The van der Waals surface area contributed by atoms with Crippen molar-refractivity contribution in [2.24, 2.45) is 0 Å². The van der Waals surface area contributed by atoms with Crippen molar-refractivity contribution < 1.29 is 9.90 Å². The summed E-state index contributed by atoms with van der Waals surface area (Å²) in [6.45, 7) is 6.53. The van der Waals surface area contributed by atoms with E-state index < -0.39 is 5.97 Å². The molecule has 2 rings (SSSR count). The summed E-state index contributed by atoms with van der Waals surface area (Å²) in [5, 5.41) is 14.6. The number of aromatic nitrogens is 2. The van der Waals surface area contributed by atoms with Gasteiger partial charge in [-0.1, -0.05) is 43.1 Å². The third-order valence-corrected chi connectivity index (χ3v) is 3.79. The quantitative estimate of drug-likeness (QED) is 0.885. The minimum atomic E-state index is -1.06. The highest BCUT2D eigenvalue weighted by molar-refractivity contribution is 6.36. The Morgan fingerprint density at radius 3 is 2.52 bits per heavy atom. The van der Waals surface area contributed by atoms with Crippen LogP contribution in [0, 0.1) is 0 Å². The molecule has 112 valence electrons. The van der Waals surface area contributed by atoms with Crippen LogP contribution in [0.25, 0.3) is 11.1 Å². The van der Waals surface area contributed by atoms with Gasteiger partial charge in [-0.05, 0) is 25.0 Å². The van der Waals surface area contributed by atoms with Crippen molar-refractivity contribution in [2.75, 3.05) is 0 Å². The molecule has 1 aromatic heterocycles. The lowest BCUT2D eigenvalue weighted by atomic mass is 9.97. The Bertz CT molecular complexity index is 693. The second-order valence-corrected chi connectivity index (χ2v) is 5.85. The topological polar surface area (TPSA) is 55.1 Å². The maximum absolute atomic E-state index is 11.5. The van der Waals surface area contributed by atoms with Crippen LogP contribution >= 0.6 is 23.2 Å². The van der Waals surface area contributed by atoms with Crippen LogP contribution in [0.15, 0.2) is 18.2 Å². The van der Waals surface area contributed by atoms with Gasteiger partial charge in [-0.25, -0.2) is 4.79 Å². The van der Waals surface area contributed by atoms with E-state index in [1.54, 1.807) is 22.9 Å². The molecule has 1 aromatic carbocycles. The minimum absolute atomic E-state index is 0.0183. The van der Waals surface area contributed by atoms with E-state index in [-0.39, 0.29) is 11.6 Å². The summed E-state index contributed by atoms with van der Waals surface area (Å²) in [4.78, 5) is 11.5. The van der Waals surface area contributed by atoms with E-state index in [0.717, 1.165) is 5.69 Å². The molecule has 0 aliphatic carbocycles. The maximum atomic E-state index is 11.5. The van der Waals surface area contributed by atoms with E-state index in [2.05, 4.69) is 5.10 Å². The number of carboxylic acid groups (broad SMARTS) is 1. The SMILES string of the molecule is CCn1nc(C(=O)O)c(-c2ccc(Cl)cc2Cl)c1C(C)C. The fraction of sp³-hybridized carbons (Fsp3) is 0.333. The van der Waals surface area contributed by atoms with Crippen molar-refractivity contribution in [3.8, 4) is 11.1 Å². The first-order valence-electron chi connectivity index (χ1n) is 6.66. The van der Waals surface area contributed by atoms with Crippen molar-refractivity contribution >= 4 is 29.2 Å². The molecule has 21 heavy (non-hydrogen) atoms. The molecule has 0 unspecified atom stereocenters. The first kappa shape index (κ1) is 15.9. The zero-order valence-electron chi connectivity index (χ0n) is 12.0. The van der Waals surface area contributed by atoms with E-state index in [1.165, 1.54) is 0 Å². The highest BCUT2D eigenvalue weighted by Crippen LogP contribution is 2.37. The highest BCUT2D eigenvalue weighted by atomic mass is 35.5. The second kappa shape index (κ2) is 6.08. The van der Waals surface area contributed by atoms with Crippen LogP contribution < -0.4 is 0 Å². The lowest BCUT2D eigenvalue weighted by molar-refractivity contribution is 0.0690. The molecule has 0 radical (unpaired) electrons. The average Bonchev–Trinajstić information content (AvgIpc) is 2.78. The first-order chi connectivity index (χ1) is 9.86. The van der Waals surface area contributed by atoms with E-state index >= 15 is 0 Å².